The summed E-state index contributed by atoms with van der Waals surface area (Å²) in [6.07, 6.45) is 5.66. The second-order valence-corrected chi connectivity index (χ2v) is 11.1. The third kappa shape index (κ3) is 5.35. The normalized spacial score (nSPS) is 37.8. The van der Waals surface area contributed by atoms with Crippen LogP contribution >= 0.6 is 11.6 Å². The van der Waals surface area contributed by atoms with Gasteiger partial charge in [-0.05, 0) is 51.0 Å². The summed E-state index contributed by atoms with van der Waals surface area (Å²) in [6, 6.07) is 3.95. The van der Waals surface area contributed by atoms with Crippen LogP contribution in [-0.4, -0.2) is 52.8 Å². The summed E-state index contributed by atoms with van der Waals surface area (Å²) in [4.78, 5) is 14.7. The number of aliphatic hydroxyl groups excluding tert-OH is 1. The molecule has 4 rings (SSSR count). The summed E-state index contributed by atoms with van der Waals surface area (Å²) < 4.78 is 11.7. The van der Waals surface area contributed by atoms with Crippen molar-refractivity contribution >= 4 is 23.2 Å². The lowest BCUT2D eigenvalue weighted by molar-refractivity contribution is -0.121. The van der Waals surface area contributed by atoms with E-state index in [0.29, 0.717) is 35.9 Å². The minimum atomic E-state index is -1.23. The van der Waals surface area contributed by atoms with Crippen molar-refractivity contribution in [3.05, 3.63) is 64.5 Å². The van der Waals surface area contributed by atoms with E-state index in [1.165, 1.54) is 4.90 Å². The number of nitrogens with one attached hydrogen (secondary N) is 1. The topological polar surface area (TPSA) is 94.6 Å². The molecule has 0 aliphatic carbocycles. The molecule has 36 heavy (non-hydrogen) atoms. The molecule has 2 saturated heterocycles. The van der Waals surface area contributed by atoms with Gasteiger partial charge in [0.25, 0.3) is 0 Å². The van der Waals surface area contributed by atoms with Gasteiger partial charge in [-0.25, -0.2) is 0 Å². The minimum Gasteiger partial charge on any atom is -0.476 e. The average molecular weight is 517 g/mol. The van der Waals surface area contributed by atoms with Crippen molar-refractivity contribution in [3.8, 4) is 0 Å². The van der Waals surface area contributed by atoms with E-state index in [1.807, 2.05) is 51.1 Å². The van der Waals surface area contributed by atoms with Crippen LogP contribution in [0.15, 0.2) is 48.4 Å². The van der Waals surface area contributed by atoms with Gasteiger partial charge in [-0.2, -0.15) is 0 Å². The molecule has 3 aliphatic rings. The molecule has 0 radical (unpaired) electrons. The first-order chi connectivity index (χ1) is 16.8. The third-order valence-corrected chi connectivity index (χ3v) is 8.23. The molecule has 1 aromatic rings. The number of epoxide rings is 1. The third-order valence-electron chi connectivity index (χ3n) is 7.74. The molecule has 6 atom stereocenters. The minimum absolute atomic E-state index is 0.104. The van der Waals surface area contributed by atoms with Gasteiger partial charge in [-0.1, -0.05) is 48.4 Å². The highest BCUT2D eigenvalue weighted by atomic mass is 35.5. The van der Waals surface area contributed by atoms with E-state index in [9.17, 15) is 15.0 Å². The number of hydrogen-bond donors (Lipinski definition) is 3. The van der Waals surface area contributed by atoms with Crippen molar-refractivity contribution < 1.29 is 24.5 Å². The smallest absolute Gasteiger partial charge is 0.229 e. The molecule has 3 N–H and O–H groups in total. The van der Waals surface area contributed by atoms with Crippen molar-refractivity contribution in [3.63, 3.8) is 0 Å². The molecular weight excluding hydrogens is 480 g/mol. The first kappa shape index (κ1) is 26.7. The van der Waals surface area contributed by atoms with Gasteiger partial charge in [0, 0.05) is 25.8 Å². The molecule has 2 fully saturated rings. The van der Waals surface area contributed by atoms with Gasteiger partial charge in [-0.3, -0.25) is 4.79 Å². The monoisotopic (exact) mass is 516 g/mol. The van der Waals surface area contributed by atoms with Gasteiger partial charge in [0.2, 0.25) is 5.91 Å². The Morgan fingerprint density at radius 3 is 2.75 bits per heavy atom. The molecule has 4 bridgehead atoms. The van der Waals surface area contributed by atoms with Gasteiger partial charge in [0.05, 0.1) is 29.3 Å². The lowest BCUT2D eigenvalue weighted by Gasteiger charge is -2.42. The Bertz CT molecular complexity index is 1120. The Kier molecular flexibility index (Phi) is 7.32. The van der Waals surface area contributed by atoms with E-state index in [-0.39, 0.29) is 30.5 Å². The lowest BCUT2D eigenvalue weighted by Crippen LogP contribution is -2.56. The van der Waals surface area contributed by atoms with E-state index in [1.54, 1.807) is 14.0 Å². The molecule has 3 aliphatic heterocycles. The highest BCUT2D eigenvalue weighted by molar-refractivity contribution is 6.34. The van der Waals surface area contributed by atoms with Gasteiger partial charge in [0.15, 0.2) is 5.88 Å². The zero-order valence-corrected chi connectivity index (χ0v) is 22.4. The van der Waals surface area contributed by atoms with Crippen LogP contribution in [0.3, 0.4) is 0 Å². The number of nitrogens with zero attached hydrogens (tertiary/aromatic N) is 1. The molecule has 1 aromatic carbocycles. The summed E-state index contributed by atoms with van der Waals surface area (Å²) in [6.45, 7) is 11.6. The quantitative estimate of drug-likeness (QED) is 0.449. The fraction of sp³-hybridized carbons (Fsp3) is 0.536. The zero-order valence-electron chi connectivity index (χ0n) is 21.7. The standard InChI is InChI=1S/C28H37ClN2O5/c1-16-8-7-9-18(3)28(34)15-21(35-19(4)30-28)13-24-27(5,36-24)23(32)14-25(33)31(6)22-12-20(10-16)11-17(2)26(22)29/h7-9,11-12,18,21,23-24,30,32,34H,4,10,13-15H2,1-3,5-6H3/b9-7+,16-8+/t18?,21-,23?,24?,27?,28+/m1/s1. The first-order valence-electron chi connectivity index (χ1n) is 12.4. The number of rotatable bonds is 0. The Balaban J connectivity index is 1.68. The van der Waals surface area contributed by atoms with Crippen LogP contribution in [0, 0.1) is 12.8 Å². The molecule has 8 heteroatoms. The van der Waals surface area contributed by atoms with Crippen LogP contribution in [-0.2, 0) is 20.7 Å². The maximum absolute atomic E-state index is 13.2. The molecule has 0 spiro atoms. The molecule has 0 aromatic heterocycles. The van der Waals surface area contributed by atoms with Crippen LogP contribution in [0.25, 0.3) is 0 Å². The van der Waals surface area contributed by atoms with Crippen LogP contribution in [0.1, 0.15) is 51.2 Å². The predicted octanol–water partition coefficient (Wildman–Crippen LogP) is 4.14. The Hall–Kier alpha value is -2.32. The maximum atomic E-state index is 13.2. The van der Waals surface area contributed by atoms with E-state index < -0.39 is 17.4 Å². The van der Waals surface area contributed by atoms with Crippen molar-refractivity contribution in [1.29, 1.82) is 0 Å². The summed E-state index contributed by atoms with van der Waals surface area (Å²) >= 11 is 6.59. The van der Waals surface area contributed by atoms with Gasteiger partial charge >= 0.3 is 0 Å². The number of carbonyl (C=O) groups excluding carboxylic acids is 1. The van der Waals surface area contributed by atoms with Crippen molar-refractivity contribution in [2.45, 2.75) is 83.0 Å². The maximum Gasteiger partial charge on any atom is 0.229 e. The average Bonchev–Trinajstić information content (AvgIpc) is 3.44. The SMILES string of the molecule is C=C1N[C@]2(O)C[C@@H](CC3OC3(C)C(O)CC(=O)N(C)c3cc(cc(C)c3Cl)C/C(C)=C/C=C/C2C)O1. The van der Waals surface area contributed by atoms with E-state index in [0.717, 1.165) is 16.7 Å². The highest BCUT2D eigenvalue weighted by Crippen LogP contribution is 2.45. The van der Waals surface area contributed by atoms with Gasteiger partial charge < -0.3 is 29.9 Å². The number of benzene rings is 1. The number of amides is 1. The number of aryl methyl sites for hydroxylation is 1. The molecule has 0 saturated carbocycles. The summed E-state index contributed by atoms with van der Waals surface area (Å²) in [7, 11) is 1.68. The molecule has 3 heterocycles. The number of aliphatic hydroxyl groups is 2. The van der Waals surface area contributed by atoms with Crippen LogP contribution in [0.5, 0.6) is 0 Å². The lowest BCUT2D eigenvalue weighted by atomic mass is 9.87. The summed E-state index contributed by atoms with van der Waals surface area (Å²) in [5, 5.41) is 25.9. The van der Waals surface area contributed by atoms with Crippen LogP contribution in [0.2, 0.25) is 5.02 Å². The van der Waals surface area contributed by atoms with Gasteiger partial charge in [0.1, 0.15) is 17.4 Å². The van der Waals surface area contributed by atoms with Crippen LogP contribution in [0.4, 0.5) is 5.69 Å². The van der Waals surface area contributed by atoms with Crippen molar-refractivity contribution in [2.75, 3.05) is 11.9 Å². The van der Waals surface area contributed by atoms with E-state index in [2.05, 4.69) is 11.9 Å². The predicted molar refractivity (Wildman–Crippen MR) is 141 cm³/mol. The molecule has 7 nitrogen and oxygen atoms in total. The number of allylic oxidation sites excluding steroid dienone is 3. The number of hydrogen-bond acceptors (Lipinski definition) is 6. The molecule has 1 amide bonds. The Labute approximate surface area is 218 Å². The Morgan fingerprint density at radius 2 is 2.03 bits per heavy atom. The molecule has 4 unspecified atom stereocenters. The van der Waals surface area contributed by atoms with Gasteiger partial charge in [-0.15, -0.1) is 0 Å². The van der Waals surface area contributed by atoms with E-state index in [4.69, 9.17) is 21.1 Å². The second kappa shape index (κ2) is 9.86. The number of halogens is 1. The number of anilines is 1. The fourth-order valence-electron chi connectivity index (χ4n) is 5.17. The number of fused-ring (bicyclic) bond motifs is 5. The van der Waals surface area contributed by atoms with Crippen molar-refractivity contribution in [1.82, 2.24) is 5.32 Å². The number of ether oxygens (including phenoxy) is 2. The fourth-order valence-corrected chi connectivity index (χ4v) is 5.40. The highest BCUT2D eigenvalue weighted by Gasteiger charge is 2.59. The summed E-state index contributed by atoms with van der Waals surface area (Å²) in [5.74, 6) is -0.170. The zero-order chi connectivity index (χ0) is 26.4. The van der Waals surface area contributed by atoms with E-state index >= 15 is 0 Å². The second-order valence-electron chi connectivity index (χ2n) is 10.7. The number of carbonyl (C=O) groups is 1. The largest absolute Gasteiger partial charge is 0.476 e. The van der Waals surface area contributed by atoms with Crippen LogP contribution < -0.4 is 10.2 Å². The van der Waals surface area contributed by atoms with Crippen molar-refractivity contribution in [2.24, 2.45) is 5.92 Å². The molecule has 196 valence electrons. The Morgan fingerprint density at radius 1 is 1.31 bits per heavy atom. The summed E-state index contributed by atoms with van der Waals surface area (Å²) in [5.41, 5.74) is 1.54. The molecular formula is C28H37ClN2O5. The first-order valence-corrected chi connectivity index (χ1v) is 12.8.